The fourth-order valence-electron chi connectivity index (χ4n) is 3.78. The standard InChI is InChI=1S/C11H19B/c1-8-3-10-4-9(2)6-11(12,5-8)7-10/h8-10H,3-7H2,1-2H3. The molecule has 2 aliphatic rings. The van der Waals surface area contributed by atoms with Crippen LogP contribution in [0, 0.1) is 17.8 Å². The first kappa shape index (κ1) is 8.65. The summed E-state index contributed by atoms with van der Waals surface area (Å²) in [6.45, 7) is 4.73. The zero-order chi connectivity index (χ0) is 8.77. The van der Waals surface area contributed by atoms with Gasteiger partial charge in [-0.2, -0.15) is 0 Å². The lowest BCUT2D eigenvalue weighted by molar-refractivity contribution is 0.124. The molecule has 12 heavy (non-hydrogen) atoms. The van der Waals surface area contributed by atoms with Crippen molar-refractivity contribution in [2.45, 2.75) is 51.3 Å². The molecule has 2 radical (unpaired) electrons. The van der Waals surface area contributed by atoms with Crippen LogP contribution in [0.4, 0.5) is 0 Å². The predicted octanol–water partition coefficient (Wildman–Crippen LogP) is 3.18. The summed E-state index contributed by atoms with van der Waals surface area (Å²) in [6.07, 6.45) is 6.72. The SMILES string of the molecule is [B]C12CC(C)CC(CC(C)C1)C2. The van der Waals surface area contributed by atoms with Gasteiger partial charge in [-0.25, -0.2) is 0 Å². The second kappa shape index (κ2) is 2.78. The van der Waals surface area contributed by atoms with Gasteiger partial charge < -0.3 is 0 Å². The van der Waals surface area contributed by atoms with Crippen LogP contribution >= 0.6 is 0 Å². The van der Waals surface area contributed by atoms with E-state index in [4.69, 9.17) is 7.85 Å². The zero-order valence-electron chi connectivity index (χ0n) is 8.34. The first-order valence-electron chi connectivity index (χ1n) is 5.36. The van der Waals surface area contributed by atoms with E-state index >= 15 is 0 Å². The van der Waals surface area contributed by atoms with E-state index in [0.29, 0.717) is 0 Å². The van der Waals surface area contributed by atoms with Crippen LogP contribution in [0.15, 0.2) is 0 Å². The molecule has 2 unspecified atom stereocenters. The molecule has 0 aromatic heterocycles. The van der Waals surface area contributed by atoms with Crippen molar-refractivity contribution in [2.75, 3.05) is 0 Å². The van der Waals surface area contributed by atoms with Gasteiger partial charge in [0.2, 0.25) is 0 Å². The summed E-state index contributed by atoms with van der Waals surface area (Å²) in [7, 11) is 6.38. The highest BCUT2D eigenvalue weighted by Gasteiger charge is 2.40. The highest BCUT2D eigenvalue weighted by Crippen LogP contribution is 2.55. The minimum Gasteiger partial charge on any atom is -0.0653 e. The summed E-state index contributed by atoms with van der Waals surface area (Å²) in [6, 6.07) is 0. The fourth-order valence-corrected chi connectivity index (χ4v) is 3.78. The molecule has 0 heterocycles. The Hall–Kier alpha value is 0.0649. The van der Waals surface area contributed by atoms with Crippen molar-refractivity contribution in [3.05, 3.63) is 0 Å². The number of rotatable bonds is 0. The largest absolute Gasteiger partial charge is 0.0746 e. The zero-order valence-corrected chi connectivity index (χ0v) is 8.34. The molecule has 0 nitrogen and oxygen atoms in total. The number of fused-ring (bicyclic) bond motifs is 2. The predicted molar refractivity (Wildman–Crippen MR) is 53.4 cm³/mol. The van der Waals surface area contributed by atoms with Gasteiger partial charge in [0.1, 0.15) is 0 Å². The van der Waals surface area contributed by atoms with Crippen molar-refractivity contribution in [3.8, 4) is 0 Å². The van der Waals surface area contributed by atoms with Crippen LogP contribution in [-0.2, 0) is 0 Å². The maximum Gasteiger partial charge on any atom is 0.0746 e. The van der Waals surface area contributed by atoms with Gasteiger partial charge in [0.25, 0.3) is 0 Å². The van der Waals surface area contributed by atoms with E-state index in [0.717, 1.165) is 17.8 Å². The van der Waals surface area contributed by atoms with Crippen molar-refractivity contribution in [3.63, 3.8) is 0 Å². The quantitative estimate of drug-likeness (QED) is 0.480. The van der Waals surface area contributed by atoms with E-state index in [2.05, 4.69) is 13.8 Å². The maximum absolute atomic E-state index is 6.38. The summed E-state index contributed by atoms with van der Waals surface area (Å²) in [5, 5.41) is 0.222. The van der Waals surface area contributed by atoms with Crippen LogP contribution in [0.5, 0.6) is 0 Å². The molecule has 0 N–H and O–H groups in total. The summed E-state index contributed by atoms with van der Waals surface area (Å²) in [5.41, 5.74) is 0. The Bertz CT molecular complexity index is 156. The van der Waals surface area contributed by atoms with Gasteiger partial charge in [-0.05, 0) is 30.6 Å². The average molecular weight is 162 g/mol. The van der Waals surface area contributed by atoms with Crippen molar-refractivity contribution in [1.82, 2.24) is 0 Å². The molecular weight excluding hydrogens is 143 g/mol. The smallest absolute Gasteiger partial charge is 0.0653 e. The van der Waals surface area contributed by atoms with Gasteiger partial charge in [0.15, 0.2) is 0 Å². The third kappa shape index (κ3) is 1.55. The first-order valence-corrected chi connectivity index (χ1v) is 5.36. The summed E-state index contributed by atoms with van der Waals surface area (Å²) in [5.74, 6) is 2.70. The minimum atomic E-state index is 0.222. The lowest BCUT2D eigenvalue weighted by Gasteiger charge is -2.48. The third-order valence-corrected chi connectivity index (χ3v) is 3.68. The fraction of sp³-hybridized carbons (Fsp3) is 1.00. The van der Waals surface area contributed by atoms with Crippen LogP contribution in [0.3, 0.4) is 0 Å². The number of hydrogen-bond acceptors (Lipinski definition) is 0. The second-order valence-electron chi connectivity index (χ2n) is 5.52. The Labute approximate surface area is 77.5 Å². The summed E-state index contributed by atoms with van der Waals surface area (Å²) in [4.78, 5) is 0. The van der Waals surface area contributed by atoms with Gasteiger partial charge >= 0.3 is 0 Å². The first-order chi connectivity index (χ1) is 5.57. The Balaban J connectivity index is 2.11. The second-order valence-corrected chi connectivity index (χ2v) is 5.52. The molecule has 0 saturated heterocycles. The van der Waals surface area contributed by atoms with Crippen molar-refractivity contribution < 1.29 is 0 Å². The molecule has 0 amide bonds. The molecule has 0 spiro atoms. The monoisotopic (exact) mass is 162 g/mol. The molecule has 2 rings (SSSR count). The Morgan fingerprint density at radius 2 is 1.50 bits per heavy atom. The highest BCUT2D eigenvalue weighted by molar-refractivity contribution is 6.15. The van der Waals surface area contributed by atoms with Crippen LogP contribution in [0.2, 0.25) is 5.31 Å². The maximum atomic E-state index is 6.38. The minimum absolute atomic E-state index is 0.222. The molecule has 2 atom stereocenters. The van der Waals surface area contributed by atoms with Gasteiger partial charge in [-0.3, -0.25) is 0 Å². The van der Waals surface area contributed by atoms with Crippen molar-refractivity contribution in [2.24, 2.45) is 17.8 Å². The van der Waals surface area contributed by atoms with Gasteiger partial charge in [0, 0.05) is 0 Å². The van der Waals surface area contributed by atoms with Crippen molar-refractivity contribution >= 4 is 7.85 Å². The van der Waals surface area contributed by atoms with E-state index in [1.807, 2.05) is 0 Å². The van der Waals surface area contributed by atoms with Crippen LogP contribution < -0.4 is 0 Å². The van der Waals surface area contributed by atoms with E-state index in [1.54, 1.807) is 0 Å². The molecule has 2 fully saturated rings. The lowest BCUT2D eigenvalue weighted by Crippen LogP contribution is -2.34. The molecular formula is C11H19B. The molecule has 66 valence electrons. The molecule has 0 aliphatic heterocycles. The van der Waals surface area contributed by atoms with Crippen LogP contribution in [0.1, 0.15) is 46.0 Å². The van der Waals surface area contributed by atoms with Gasteiger partial charge in [-0.15, -0.1) is 0 Å². The topological polar surface area (TPSA) is 0 Å². The molecule has 2 saturated carbocycles. The molecule has 1 heteroatoms. The Kier molecular flexibility index (Phi) is 2.01. The van der Waals surface area contributed by atoms with E-state index in [9.17, 15) is 0 Å². The molecule has 0 aromatic rings. The molecule has 2 aliphatic carbocycles. The number of hydrogen-bond donors (Lipinski definition) is 0. The van der Waals surface area contributed by atoms with Crippen LogP contribution in [-0.4, -0.2) is 7.85 Å². The van der Waals surface area contributed by atoms with E-state index in [1.165, 1.54) is 32.1 Å². The van der Waals surface area contributed by atoms with Gasteiger partial charge in [-0.1, -0.05) is 38.4 Å². The Morgan fingerprint density at radius 3 is 1.92 bits per heavy atom. The van der Waals surface area contributed by atoms with Crippen molar-refractivity contribution in [1.29, 1.82) is 0 Å². The van der Waals surface area contributed by atoms with Crippen LogP contribution in [0.25, 0.3) is 0 Å². The van der Waals surface area contributed by atoms with E-state index in [-0.39, 0.29) is 5.31 Å². The van der Waals surface area contributed by atoms with E-state index < -0.39 is 0 Å². The Morgan fingerprint density at radius 1 is 1.00 bits per heavy atom. The summed E-state index contributed by atoms with van der Waals surface area (Å²) >= 11 is 0. The molecule has 0 aromatic carbocycles. The average Bonchev–Trinajstić information content (AvgIpc) is 1.78. The van der Waals surface area contributed by atoms with Gasteiger partial charge in [0.05, 0.1) is 7.85 Å². The lowest BCUT2D eigenvalue weighted by atomic mass is 9.48. The normalized spacial score (nSPS) is 53.7. The third-order valence-electron chi connectivity index (χ3n) is 3.68. The molecule has 2 bridgehead atoms. The highest BCUT2D eigenvalue weighted by atomic mass is 14.4. The summed E-state index contributed by atoms with van der Waals surface area (Å²) < 4.78 is 0.